The van der Waals surface area contributed by atoms with Crippen LogP contribution in [0.2, 0.25) is 0 Å². The lowest BCUT2D eigenvalue weighted by Gasteiger charge is -2.13. The van der Waals surface area contributed by atoms with Gasteiger partial charge in [0.15, 0.2) is 0 Å². The predicted molar refractivity (Wildman–Crippen MR) is 90.4 cm³/mol. The third-order valence-corrected chi connectivity index (χ3v) is 3.64. The van der Waals surface area contributed by atoms with Gasteiger partial charge in [0, 0.05) is 12.1 Å². The molecule has 4 heteroatoms. The van der Waals surface area contributed by atoms with Crippen LogP contribution in [0.25, 0.3) is 11.3 Å². The molecule has 0 aliphatic rings. The van der Waals surface area contributed by atoms with E-state index in [1.165, 1.54) is 0 Å². The Morgan fingerprint density at radius 1 is 1.09 bits per heavy atom. The summed E-state index contributed by atoms with van der Waals surface area (Å²) in [4.78, 5) is 4.53. The molecule has 3 aromatic rings. The third kappa shape index (κ3) is 2.87. The largest absolute Gasteiger partial charge is 0.326 e. The van der Waals surface area contributed by atoms with Crippen molar-refractivity contribution in [2.75, 3.05) is 5.43 Å². The molecule has 3 N–H and O–H groups in total. The van der Waals surface area contributed by atoms with Crippen LogP contribution in [-0.2, 0) is 13.0 Å². The SMILES string of the molecule is CCc1ncn(Nc2cccc(CN)c2)c1-c1ccccc1. The minimum absolute atomic E-state index is 0.533. The minimum atomic E-state index is 0.533. The zero-order valence-corrected chi connectivity index (χ0v) is 12.7. The molecule has 0 saturated carbocycles. The van der Waals surface area contributed by atoms with Crippen molar-refractivity contribution in [2.24, 2.45) is 5.73 Å². The molecule has 0 spiro atoms. The Hall–Kier alpha value is -2.59. The molecule has 0 aliphatic heterocycles. The van der Waals surface area contributed by atoms with E-state index >= 15 is 0 Å². The molecule has 3 rings (SSSR count). The molecule has 112 valence electrons. The number of rotatable bonds is 5. The lowest BCUT2D eigenvalue weighted by Crippen LogP contribution is -2.10. The first-order chi connectivity index (χ1) is 10.8. The summed E-state index contributed by atoms with van der Waals surface area (Å²) in [5.74, 6) is 0. The van der Waals surface area contributed by atoms with E-state index in [4.69, 9.17) is 5.73 Å². The zero-order valence-electron chi connectivity index (χ0n) is 12.7. The number of nitrogens with one attached hydrogen (secondary N) is 1. The maximum absolute atomic E-state index is 5.71. The van der Waals surface area contributed by atoms with Gasteiger partial charge < -0.3 is 5.73 Å². The highest BCUT2D eigenvalue weighted by Crippen LogP contribution is 2.24. The number of hydrogen-bond acceptors (Lipinski definition) is 3. The summed E-state index contributed by atoms with van der Waals surface area (Å²) in [5, 5.41) is 0. The topological polar surface area (TPSA) is 55.9 Å². The van der Waals surface area contributed by atoms with E-state index in [1.54, 1.807) is 0 Å². The first kappa shape index (κ1) is 14.4. The van der Waals surface area contributed by atoms with Gasteiger partial charge in [0.2, 0.25) is 0 Å². The smallest absolute Gasteiger partial charge is 0.115 e. The average Bonchev–Trinajstić information content (AvgIpc) is 2.98. The van der Waals surface area contributed by atoms with Gasteiger partial charge in [-0.1, -0.05) is 49.4 Å². The summed E-state index contributed by atoms with van der Waals surface area (Å²) in [7, 11) is 0. The van der Waals surface area contributed by atoms with E-state index in [1.807, 2.05) is 47.4 Å². The van der Waals surface area contributed by atoms with Gasteiger partial charge in [0.1, 0.15) is 6.33 Å². The van der Waals surface area contributed by atoms with Gasteiger partial charge in [-0.15, -0.1) is 0 Å². The van der Waals surface area contributed by atoms with Crippen LogP contribution >= 0.6 is 0 Å². The van der Waals surface area contributed by atoms with Crippen LogP contribution in [0.1, 0.15) is 18.2 Å². The molecule has 1 heterocycles. The molecule has 0 aliphatic carbocycles. The Morgan fingerprint density at radius 3 is 2.64 bits per heavy atom. The highest BCUT2D eigenvalue weighted by molar-refractivity contribution is 5.64. The lowest BCUT2D eigenvalue weighted by atomic mass is 10.1. The second kappa shape index (κ2) is 6.45. The summed E-state index contributed by atoms with van der Waals surface area (Å²) >= 11 is 0. The quantitative estimate of drug-likeness (QED) is 0.757. The Bertz CT molecular complexity index is 747. The summed E-state index contributed by atoms with van der Waals surface area (Å²) in [6, 6.07) is 18.4. The number of hydrogen-bond donors (Lipinski definition) is 2. The molecule has 0 fully saturated rings. The van der Waals surface area contributed by atoms with Crippen molar-refractivity contribution >= 4 is 5.69 Å². The lowest BCUT2D eigenvalue weighted by molar-refractivity contribution is 0.958. The van der Waals surface area contributed by atoms with Crippen LogP contribution < -0.4 is 11.2 Å². The van der Waals surface area contributed by atoms with Crippen LogP contribution in [0.4, 0.5) is 5.69 Å². The van der Waals surface area contributed by atoms with Gasteiger partial charge in [0.05, 0.1) is 17.1 Å². The molecule has 0 radical (unpaired) electrons. The zero-order chi connectivity index (χ0) is 15.4. The number of aryl methyl sites for hydroxylation is 1. The van der Waals surface area contributed by atoms with Crippen molar-refractivity contribution in [3.8, 4) is 11.3 Å². The highest BCUT2D eigenvalue weighted by Gasteiger charge is 2.11. The van der Waals surface area contributed by atoms with Crippen molar-refractivity contribution in [3.05, 3.63) is 72.2 Å². The fraction of sp³-hybridized carbons (Fsp3) is 0.167. The third-order valence-electron chi connectivity index (χ3n) is 3.64. The number of imidazole rings is 1. The molecule has 1 aromatic heterocycles. The van der Waals surface area contributed by atoms with Crippen molar-refractivity contribution in [1.82, 2.24) is 9.66 Å². The fourth-order valence-corrected chi connectivity index (χ4v) is 2.54. The Balaban J connectivity index is 1.99. The van der Waals surface area contributed by atoms with E-state index < -0.39 is 0 Å². The summed E-state index contributed by atoms with van der Waals surface area (Å²) < 4.78 is 1.98. The molecular weight excluding hydrogens is 272 g/mol. The van der Waals surface area contributed by atoms with Gasteiger partial charge >= 0.3 is 0 Å². The van der Waals surface area contributed by atoms with Crippen molar-refractivity contribution in [2.45, 2.75) is 19.9 Å². The molecule has 0 amide bonds. The number of anilines is 1. The van der Waals surface area contributed by atoms with Gasteiger partial charge in [-0.25, -0.2) is 9.66 Å². The van der Waals surface area contributed by atoms with Gasteiger partial charge in [-0.3, -0.25) is 5.43 Å². The van der Waals surface area contributed by atoms with E-state index in [0.29, 0.717) is 6.54 Å². The second-order valence-corrected chi connectivity index (χ2v) is 5.15. The van der Waals surface area contributed by atoms with Gasteiger partial charge in [-0.2, -0.15) is 0 Å². The van der Waals surface area contributed by atoms with Crippen LogP contribution in [0.5, 0.6) is 0 Å². The van der Waals surface area contributed by atoms with Crippen molar-refractivity contribution in [3.63, 3.8) is 0 Å². The van der Waals surface area contributed by atoms with E-state index in [0.717, 1.165) is 34.6 Å². The average molecular weight is 292 g/mol. The monoisotopic (exact) mass is 292 g/mol. The van der Waals surface area contributed by atoms with Crippen molar-refractivity contribution < 1.29 is 0 Å². The van der Waals surface area contributed by atoms with Crippen LogP contribution in [0, 0.1) is 0 Å². The minimum Gasteiger partial charge on any atom is -0.326 e. The fourth-order valence-electron chi connectivity index (χ4n) is 2.54. The molecular formula is C18H20N4. The first-order valence-electron chi connectivity index (χ1n) is 7.49. The highest BCUT2D eigenvalue weighted by atomic mass is 15.4. The molecule has 0 saturated heterocycles. The molecule has 4 nitrogen and oxygen atoms in total. The van der Waals surface area contributed by atoms with Gasteiger partial charge in [0.25, 0.3) is 0 Å². The number of benzene rings is 2. The van der Waals surface area contributed by atoms with Crippen LogP contribution in [0.15, 0.2) is 60.9 Å². The predicted octanol–water partition coefficient (Wildman–Crippen LogP) is 3.45. The van der Waals surface area contributed by atoms with Gasteiger partial charge in [-0.05, 0) is 24.1 Å². The van der Waals surface area contributed by atoms with E-state index in [2.05, 4.69) is 35.5 Å². The Kier molecular flexibility index (Phi) is 4.21. The molecule has 0 atom stereocenters. The van der Waals surface area contributed by atoms with Crippen LogP contribution in [0.3, 0.4) is 0 Å². The maximum Gasteiger partial charge on any atom is 0.115 e. The molecule has 2 aromatic carbocycles. The summed E-state index contributed by atoms with van der Waals surface area (Å²) in [6.07, 6.45) is 2.72. The van der Waals surface area contributed by atoms with E-state index in [-0.39, 0.29) is 0 Å². The molecule has 22 heavy (non-hydrogen) atoms. The number of nitrogens with zero attached hydrogens (tertiary/aromatic N) is 2. The molecule has 0 bridgehead atoms. The second-order valence-electron chi connectivity index (χ2n) is 5.15. The van der Waals surface area contributed by atoms with E-state index in [9.17, 15) is 0 Å². The van der Waals surface area contributed by atoms with Crippen molar-refractivity contribution in [1.29, 1.82) is 0 Å². The summed E-state index contributed by atoms with van der Waals surface area (Å²) in [5.41, 5.74) is 14.5. The summed E-state index contributed by atoms with van der Waals surface area (Å²) in [6.45, 7) is 2.65. The first-order valence-corrected chi connectivity index (χ1v) is 7.49. The van der Waals surface area contributed by atoms with Crippen LogP contribution in [-0.4, -0.2) is 9.66 Å². The molecule has 0 unspecified atom stereocenters. The Morgan fingerprint density at radius 2 is 1.91 bits per heavy atom. The Labute approximate surface area is 130 Å². The number of aromatic nitrogens is 2. The normalized spacial score (nSPS) is 10.6. The maximum atomic E-state index is 5.71. The number of nitrogens with two attached hydrogens (primary N) is 1. The standard InChI is InChI=1S/C18H20N4/c1-2-17-18(15-8-4-3-5-9-15)22(13-20-17)21-16-10-6-7-14(11-16)12-19/h3-11,13,21H,2,12,19H2,1H3.